The minimum Gasteiger partial charge on any atom is -0.481 e. The maximum atomic E-state index is 13.0. The molecule has 1 atom stereocenters. The second-order valence-corrected chi connectivity index (χ2v) is 7.72. The Morgan fingerprint density at radius 3 is 2.64 bits per heavy atom. The summed E-state index contributed by atoms with van der Waals surface area (Å²) in [7, 11) is 0. The fourth-order valence-corrected chi connectivity index (χ4v) is 3.22. The lowest BCUT2D eigenvalue weighted by atomic mass is 10.0. The van der Waals surface area contributed by atoms with E-state index in [1.807, 2.05) is 18.7 Å². The van der Waals surface area contributed by atoms with E-state index in [0.29, 0.717) is 43.9 Å². The topological polar surface area (TPSA) is 105 Å². The van der Waals surface area contributed by atoms with Crippen LogP contribution in [0.5, 0.6) is 0 Å². The van der Waals surface area contributed by atoms with E-state index in [-0.39, 0.29) is 30.3 Å². The van der Waals surface area contributed by atoms with Crippen LogP contribution in [0.2, 0.25) is 0 Å². The maximum absolute atomic E-state index is 13.0. The predicted molar refractivity (Wildman–Crippen MR) is 102 cm³/mol. The van der Waals surface area contributed by atoms with Crippen molar-refractivity contribution in [1.29, 1.82) is 0 Å². The molecule has 1 aliphatic heterocycles. The number of carbonyl (C=O) groups excluding carboxylic acids is 1. The normalized spacial score (nSPS) is 16.0. The number of nitrogens with zero attached hydrogens (tertiary/aromatic N) is 3. The summed E-state index contributed by atoms with van der Waals surface area (Å²) in [4.78, 5) is 42.3. The molecule has 0 spiro atoms. The van der Waals surface area contributed by atoms with Gasteiger partial charge in [-0.3, -0.25) is 28.8 Å². The molecule has 8 nitrogen and oxygen atoms in total. The number of halogens is 1. The maximum Gasteiger partial charge on any atom is 0.305 e. The molecule has 9 heteroatoms. The van der Waals surface area contributed by atoms with E-state index in [0.717, 1.165) is 0 Å². The number of nitrogens with one attached hydrogen (secondary N) is 1. The molecule has 0 aliphatic carbocycles. The van der Waals surface area contributed by atoms with Crippen molar-refractivity contribution in [3.8, 4) is 0 Å². The van der Waals surface area contributed by atoms with Crippen molar-refractivity contribution >= 4 is 11.9 Å². The molecule has 28 heavy (non-hydrogen) atoms. The highest BCUT2D eigenvalue weighted by atomic mass is 19.1. The van der Waals surface area contributed by atoms with Crippen LogP contribution in [0, 0.1) is 12.8 Å². The molecule has 0 saturated carbocycles. The summed E-state index contributed by atoms with van der Waals surface area (Å²) in [6, 6.07) is -0.735. The van der Waals surface area contributed by atoms with Gasteiger partial charge < -0.3 is 10.4 Å². The van der Waals surface area contributed by atoms with Crippen molar-refractivity contribution in [3.05, 3.63) is 27.9 Å². The molecule has 0 aromatic carbocycles. The lowest BCUT2D eigenvalue weighted by molar-refractivity contribution is -0.137. The van der Waals surface area contributed by atoms with E-state index < -0.39 is 18.2 Å². The van der Waals surface area contributed by atoms with Crippen LogP contribution in [0.4, 0.5) is 4.39 Å². The number of rotatable bonds is 10. The number of hydrogen-bond acceptors (Lipinski definition) is 5. The number of amides is 1. The number of carbonyl (C=O) groups is 2. The van der Waals surface area contributed by atoms with Gasteiger partial charge in [0.1, 0.15) is 17.9 Å². The number of carboxylic acid groups (broad SMARTS) is 1. The summed E-state index contributed by atoms with van der Waals surface area (Å²) in [6.45, 7) is 7.00. The third-order valence-electron chi connectivity index (χ3n) is 4.71. The Labute approximate surface area is 163 Å². The Balaban J connectivity index is 2.18. The van der Waals surface area contributed by atoms with Crippen molar-refractivity contribution in [2.24, 2.45) is 5.92 Å². The molecule has 2 N–H and O–H groups in total. The van der Waals surface area contributed by atoms with Gasteiger partial charge in [-0.2, -0.15) is 0 Å². The molecule has 1 amide bonds. The first-order chi connectivity index (χ1) is 13.2. The Hall–Kier alpha value is -2.29. The summed E-state index contributed by atoms with van der Waals surface area (Å²) in [5.41, 5.74) is 0.638. The molecular weight excluding hydrogens is 367 g/mol. The molecule has 0 bridgehead atoms. The first-order valence-electron chi connectivity index (χ1n) is 9.62. The van der Waals surface area contributed by atoms with Gasteiger partial charge in [-0.1, -0.05) is 13.8 Å². The molecule has 1 aliphatic rings. The lowest BCUT2D eigenvalue weighted by Crippen LogP contribution is -2.49. The highest BCUT2D eigenvalue weighted by molar-refractivity contribution is 5.80. The van der Waals surface area contributed by atoms with Crippen molar-refractivity contribution in [1.82, 2.24) is 19.8 Å². The predicted octanol–water partition coefficient (Wildman–Crippen LogP) is 0.926. The summed E-state index contributed by atoms with van der Waals surface area (Å²) in [5.74, 6) is -1.22. The molecule has 1 aromatic heterocycles. The fourth-order valence-electron chi connectivity index (χ4n) is 3.22. The minimum absolute atomic E-state index is 0.00773. The van der Waals surface area contributed by atoms with E-state index in [9.17, 15) is 18.8 Å². The smallest absolute Gasteiger partial charge is 0.305 e. The highest BCUT2D eigenvalue weighted by Crippen LogP contribution is 2.18. The highest BCUT2D eigenvalue weighted by Gasteiger charge is 2.27. The van der Waals surface area contributed by atoms with Crippen molar-refractivity contribution in [2.45, 2.75) is 52.2 Å². The van der Waals surface area contributed by atoms with Crippen LogP contribution in [-0.4, -0.2) is 63.8 Å². The first kappa shape index (κ1) is 22.0. The van der Waals surface area contributed by atoms with Crippen molar-refractivity contribution in [3.63, 3.8) is 0 Å². The van der Waals surface area contributed by atoms with E-state index >= 15 is 0 Å². The van der Waals surface area contributed by atoms with Crippen LogP contribution in [0.1, 0.15) is 44.1 Å². The number of likely N-dealkylation sites (tertiary alicyclic amines) is 1. The van der Waals surface area contributed by atoms with Crippen molar-refractivity contribution in [2.75, 3.05) is 26.2 Å². The summed E-state index contributed by atoms with van der Waals surface area (Å²) < 4.78 is 14.4. The van der Waals surface area contributed by atoms with Crippen LogP contribution >= 0.6 is 0 Å². The Kier molecular flexibility index (Phi) is 7.68. The minimum atomic E-state index is -0.999. The zero-order valence-corrected chi connectivity index (χ0v) is 16.7. The Morgan fingerprint density at radius 1 is 1.39 bits per heavy atom. The van der Waals surface area contributed by atoms with Crippen molar-refractivity contribution < 1.29 is 19.1 Å². The van der Waals surface area contributed by atoms with E-state index in [4.69, 9.17) is 5.11 Å². The average molecular weight is 396 g/mol. The molecule has 0 radical (unpaired) electrons. The standard InChI is InChI=1S/C19H29FN4O4/c1-12(2)8-16(18(27)21-6-4-17(25)26)24-11-15(22-13(3)19(24)28)5-7-23-9-14(20)10-23/h11-12,14,16H,4-10H2,1-3H3,(H,21,27)(H,25,26)/t16-/m0/s1. The van der Waals surface area contributed by atoms with E-state index in [1.54, 1.807) is 13.1 Å². The molecule has 156 valence electrons. The number of aliphatic carboxylic acids is 1. The van der Waals surface area contributed by atoms with Gasteiger partial charge in [-0.25, -0.2) is 4.39 Å². The van der Waals surface area contributed by atoms with Crippen LogP contribution in [0.3, 0.4) is 0 Å². The van der Waals surface area contributed by atoms with Crippen LogP contribution in [0.15, 0.2) is 11.0 Å². The number of hydrogen-bond donors (Lipinski definition) is 2. The number of carboxylic acids is 1. The monoisotopic (exact) mass is 396 g/mol. The van der Waals surface area contributed by atoms with Gasteiger partial charge in [-0.15, -0.1) is 0 Å². The Morgan fingerprint density at radius 2 is 2.07 bits per heavy atom. The fraction of sp³-hybridized carbons (Fsp3) is 0.684. The second-order valence-electron chi connectivity index (χ2n) is 7.72. The number of alkyl halides is 1. The molecular formula is C19H29FN4O4. The van der Waals surface area contributed by atoms with Crippen LogP contribution < -0.4 is 10.9 Å². The SMILES string of the molecule is Cc1nc(CCN2CC(F)C2)cn([C@@H](CC(C)C)C(=O)NCCC(=O)O)c1=O. The van der Waals surface area contributed by atoms with Gasteiger partial charge in [0.25, 0.3) is 5.56 Å². The largest absolute Gasteiger partial charge is 0.481 e. The summed E-state index contributed by atoms with van der Waals surface area (Å²) in [5, 5.41) is 11.4. The molecule has 2 rings (SSSR count). The summed E-state index contributed by atoms with van der Waals surface area (Å²) >= 11 is 0. The molecule has 1 aromatic rings. The average Bonchev–Trinajstić information content (AvgIpc) is 2.58. The van der Waals surface area contributed by atoms with Crippen LogP contribution in [0.25, 0.3) is 0 Å². The van der Waals surface area contributed by atoms with Gasteiger partial charge >= 0.3 is 5.97 Å². The number of aryl methyl sites for hydroxylation is 1. The quantitative estimate of drug-likeness (QED) is 0.610. The Bertz CT molecular complexity index is 759. The van der Waals surface area contributed by atoms with Gasteiger partial charge in [-0.05, 0) is 19.3 Å². The summed E-state index contributed by atoms with van der Waals surface area (Å²) in [6.07, 6.45) is 1.65. The van der Waals surface area contributed by atoms with Gasteiger partial charge in [0.15, 0.2) is 0 Å². The van der Waals surface area contributed by atoms with E-state index in [1.165, 1.54) is 4.57 Å². The first-order valence-corrected chi connectivity index (χ1v) is 9.62. The zero-order valence-electron chi connectivity index (χ0n) is 16.7. The van der Waals surface area contributed by atoms with Gasteiger partial charge in [0.2, 0.25) is 5.91 Å². The third kappa shape index (κ3) is 6.12. The zero-order chi connectivity index (χ0) is 20.8. The molecule has 0 unspecified atom stereocenters. The number of aromatic nitrogens is 2. The van der Waals surface area contributed by atoms with Gasteiger partial charge in [0, 0.05) is 38.8 Å². The molecule has 1 saturated heterocycles. The third-order valence-corrected chi connectivity index (χ3v) is 4.71. The lowest BCUT2D eigenvalue weighted by Gasteiger charge is -2.34. The molecule has 1 fully saturated rings. The second kappa shape index (κ2) is 9.77. The van der Waals surface area contributed by atoms with Crippen LogP contribution in [-0.2, 0) is 16.0 Å². The van der Waals surface area contributed by atoms with E-state index in [2.05, 4.69) is 10.3 Å². The molecule has 2 heterocycles. The van der Waals surface area contributed by atoms with Gasteiger partial charge in [0.05, 0.1) is 12.1 Å².